The van der Waals surface area contributed by atoms with Gasteiger partial charge < -0.3 is 10.0 Å². The van der Waals surface area contributed by atoms with Crippen LogP contribution in [0.5, 0.6) is 5.75 Å². The quantitative estimate of drug-likeness (QED) is 0.858. The molecule has 0 saturated heterocycles. The van der Waals surface area contributed by atoms with Crippen molar-refractivity contribution in [1.82, 2.24) is 4.90 Å². The number of amides is 1. The van der Waals surface area contributed by atoms with Crippen LogP contribution in [0.4, 0.5) is 4.39 Å². The van der Waals surface area contributed by atoms with Crippen molar-refractivity contribution in [3.63, 3.8) is 0 Å². The second kappa shape index (κ2) is 5.11. The molecule has 1 N–H and O–H groups in total. The maximum Gasteiger partial charge on any atom is 0.256 e. The first-order valence-electron chi connectivity index (χ1n) is 4.36. The van der Waals surface area contributed by atoms with E-state index >= 15 is 0 Å². The molecule has 0 unspecified atom stereocenters. The van der Waals surface area contributed by atoms with Crippen LogP contribution >= 0.6 is 15.9 Å². The van der Waals surface area contributed by atoms with Crippen LogP contribution in [0.3, 0.4) is 0 Å². The Morgan fingerprint density at radius 2 is 2.27 bits per heavy atom. The molecule has 0 atom stereocenters. The predicted molar refractivity (Wildman–Crippen MR) is 58.8 cm³/mol. The third kappa shape index (κ3) is 2.92. The van der Waals surface area contributed by atoms with E-state index in [4.69, 9.17) is 5.11 Å². The number of carbonyl (C=O) groups is 1. The van der Waals surface area contributed by atoms with Gasteiger partial charge in [-0.15, -0.1) is 0 Å². The highest BCUT2D eigenvalue weighted by atomic mass is 79.9. The van der Waals surface area contributed by atoms with Crippen molar-refractivity contribution in [2.24, 2.45) is 0 Å². The molecule has 0 bridgehead atoms. The number of phenolic OH excluding ortho intramolecular Hbond substituents is 1. The highest BCUT2D eigenvalue weighted by Gasteiger charge is 2.15. The van der Waals surface area contributed by atoms with E-state index in [1.165, 1.54) is 17.0 Å². The first-order chi connectivity index (χ1) is 7.06. The Morgan fingerprint density at radius 1 is 1.60 bits per heavy atom. The summed E-state index contributed by atoms with van der Waals surface area (Å²) in [6.45, 7) is 0.499. The molecule has 0 aliphatic carbocycles. The first kappa shape index (κ1) is 12.0. The predicted octanol–water partition coefficient (Wildman–Crippen LogP) is 2.00. The third-order valence-electron chi connectivity index (χ3n) is 1.95. The number of aromatic hydroxyl groups is 1. The summed E-state index contributed by atoms with van der Waals surface area (Å²) in [5, 5.41) is 9.62. The summed E-state index contributed by atoms with van der Waals surface area (Å²) in [5.41, 5.74) is -0.0312. The Morgan fingerprint density at radius 3 is 2.80 bits per heavy atom. The molecule has 0 fully saturated rings. The smallest absolute Gasteiger partial charge is 0.256 e. The number of carbonyl (C=O) groups excluding carboxylic acids is 1. The van der Waals surface area contributed by atoms with Crippen molar-refractivity contribution in [3.8, 4) is 5.75 Å². The molecule has 1 aromatic rings. The van der Waals surface area contributed by atoms with Crippen LogP contribution in [0.25, 0.3) is 0 Å². The average molecular weight is 276 g/mol. The summed E-state index contributed by atoms with van der Waals surface area (Å²) in [6.07, 6.45) is 0. The Balaban J connectivity index is 2.91. The van der Waals surface area contributed by atoms with Gasteiger partial charge in [-0.1, -0.05) is 15.9 Å². The summed E-state index contributed by atoms with van der Waals surface area (Å²) in [5.74, 6) is -1.29. The molecule has 82 valence electrons. The molecule has 0 aliphatic rings. The van der Waals surface area contributed by atoms with Crippen LogP contribution in [0, 0.1) is 5.82 Å². The van der Waals surface area contributed by atoms with E-state index in [9.17, 15) is 9.18 Å². The normalized spacial score (nSPS) is 10.1. The monoisotopic (exact) mass is 275 g/mol. The summed E-state index contributed by atoms with van der Waals surface area (Å²) >= 11 is 3.19. The van der Waals surface area contributed by atoms with E-state index in [0.29, 0.717) is 11.9 Å². The molecule has 0 aliphatic heterocycles. The van der Waals surface area contributed by atoms with E-state index < -0.39 is 11.7 Å². The second-order valence-electron chi connectivity index (χ2n) is 3.08. The molecule has 5 heteroatoms. The Kier molecular flexibility index (Phi) is 4.08. The summed E-state index contributed by atoms with van der Waals surface area (Å²) in [6, 6.07) is 3.49. The molecule has 1 rings (SSSR count). The lowest BCUT2D eigenvalue weighted by atomic mass is 10.2. The zero-order chi connectivity index (χ0) is 11.4. The third-order valence-corrected chi connectivity index (χ3v) is 2.30. The number of nitrogens with zero attached hydrogens (tertiary/aromatic N) is 1. The first-order valence-corrected chi connectivity index (χ1v) is 5.48. The van der Waals surface area contributed by atoms with Crippen molar-refractivity contribution in [3.05, 3.63) is 29.6 Å². The number of hydrogen-bond donors (Lipinski definition) is 1. The minimum Gasteiger partial charge on any atom is -0.508 e. The molecule has 0 heterocycles. The maximum absolute atomic E-state index is 13.3. The Labute approximate surface area is 95.6 Å². The zero-order valence-corrected chi connectivity index (χ0v) is 9.79. The van der Waals surface area contributed by atoms with Gasteiger partial charge in [0.05, 0.1) is 5.56 Å². The van der Waals surface area contributed by atoms with E-state index in [-0.39, 0.29) is 11.3 Å². The van der Waals surface area contributed by atoms with Gasteiger partial charge in [-0.3, -0.25) is 4.79 Å². The number of benzene rings is 1. The van der Waals surface area contributed by atoms with Gasteiger partial charge in [-0.25, -0.2) is 4.39 Å². The SMILES string of the molecule is CN(CCBr)C(=O)c1ccc(O)cc1F. The minimum absolute atomic E-state index is 0.0312. The van der Waals surface area contributed by atoms with Gasteiger partial charge in [0.15, 0.2) is 0 Å². The number of phenols is 1. The second-order valence-corrected chi connectivity index (χ2v) is 3.87. The van der Waals surface area contributed by atoms with Crippen LogP contribution in [-0.4, -0.2) is 34.8 Å². The fourth-order valence-corrected chi connectivity index (χ4v) is 1.64. The molecule has 0 saturated carbocycles. The number of halogens is 2. The van der Waals surface area contributed by atoms with Crippen molar-refractivity contribution in [2.75, 3.05) is 18.9 Å². The van der Waals surface area contributed by atoms with Crippen molar-refractivity contribution in [1.29, 1.82) is 0 Å². The van der Waals surface area contributed by atoms with Crippen LogP contribution in [-0.2, 0) is 0 Å². The topological polar surface area (TPSA) is 40.5 Å². The molecule has 0 radical (unpaired) electrons. The Hall–Kier alpha value is -1.10. The minimum atomic E-state index is -0.707. The molecule has 0 aromatic heterocycles. The lowest BCUT2D eigenvalue weighted by Crippen LogP contribution is -2.29. The number of hydrogen-bond acceptors (Lipinski definition) is 2. The maximum atomic E-state index is 13.3. The summed E-state index contributed by atoms with van der Waals surface area (Å²) in [7, 11) is 1.59. The highest BCUT2D eigenvalue weighted by Crippen LogP contribution is 2.16. The fourth-order valence-electron chi connectivity index (χ4n) is 1.11. The lowest BCUT2D eigenvalue weighted by Gasteiger charge is -2.15. The molecular formula is C10H11BrFNO2. The van der Waals surface area contributed by atoms with E-state index in [1.807, 2.05) is 0 Å². The number of alkyl halides is 1. The van der Waals surface area contributed by atoms with Gasteiger partial charge in [0, 0.05) is 25.0 Å². The van der Waals surface area contributed by atoms with Crippen LogP contribution in [0.1, 0.15) is 10.4 Å². The van der Waals surface area contributed by atoms with Gasteiger partial charge in [0.2, 0.25) is 0 Å². The van der Waals surface area contributed by atoms with Gasteiger partial charge in [-0.05, 0) is 12.1 Å². The lowest BCUT2D eigenvalue weighted by molar-refractivity contribution is 0.0799. The highest BCUT2D eigenvalue weighted by molar-refractivity contribution is 9.09. The molecule has 1 aromatic carbocycles. The molecule has 0 spiro atoms. The number of rotatable bonds is 3. The largest absolute Gasteiger partial charge is 0.508 e. The molecular weight excluding hydrogens is 265 g/mol. The van der Waals surface area contributed by atoms with Crippen LogP contribution in [0.2, 0.25) is 0 Å². The van der Waals surface area contributed by atoms with Crippen LogP contribution < -0.4 is 0 Å². The van der Waals surface area contributed by atoms with Gasteiger partial charge in [0.25, 0.3) is 5.91 Å². The van der Waals surface area contributed by atoms with Gasteiger partial charge >= 0.3 is 0 Å². The molecule has 1 amide bonds. The standard InChI is InChI=1S/C10H11BrFNO2/c1-13(5-4-11)10(15)8-3-2-7(14)6-9(8)12/h2-3,6,14H,4-5H2,1H3. The van der Waals surface area contributed by atoms with Gasteiger partial charge in [-0.2, -0.15) is 0 Å². The van der Waals surface area contributed by atoms with E-state index in [0.717, 1.165) is 6.07 Å². The van der Waals surface area contributed by atoms with Gasteiger partial charge in [0.1, 0.15) is 11.6 Å². The fraction of sp³-hybridized carbons (Fsp3) is 0.300. The van der Waals surface area contributed by atoms with Crippen molar-refractivity contribution >= 4 is 21.8 Å². The van der Waals surface area contributed by atoms with E-state index in [2.05, 4.69) is 15.9 Å². The van der Waals surface area contributed by atoms with E-state index in [1.54, 1.807) is 7.05 Å². The summed E-state index contributed by atoms with van der Waals surface area (Å²) < 4.78 is 13.3. The average Bonchev–Trinajstić information content (AvgIpc) is 2.17. The zero-order valence-electron chi connectivity index (χ0n) is 8.20. The molecule has 3 nitrogen and oxygen atoms in total. The van der Waals surface area contributed by atoms with Crippen molar-refractivity contribution < 1.29 is 14.3 Å². The van der Waals surface area contributed by atoms with Crippen molar-refractivity contribution in [2.45, 2.75) is 0 Å². The summed E-state index contributed by atoms with van der Waals surface area (Å²) in [4.78, 5) is 13.1. The molecule has 15 heavy (non-hydrogen) atoms. The van der Waals surface area contributed by atoms with Crippen LogP contribution in [0.15, 0.2) is 18.2 Å². The Bertz CT molecular complexity index is 370.